The zero-order valence-corrected chi connectivity index (χ0v) is 11.5. The Morgan fingerprint density at radius 3 is 2.38 bits per heavy atom. The highest BCUT2D eigenvalue weighted by Crippen LogP contribution is 2.15. The summed E-state index contributed by atoms with van der Waals surface area (Å²) in [6, 6.07) is 0. The number of carbonyl (C=O) groups excluding carboxylic acids is 1. The van der Waals surface area contributed by atoms with Gasteiger partial charge in [-0.3, -0.25) is 4.79 Å². The Morgan fingerprint density at radius 1 is 1.38 bits per heavy atom. The lowest BCUT2D eigenvalue weighted by Gasteiger charge is -2.04. The topological polar surface area (TPSA) is 64.1 Å². The maximum Gasteiger partial charge on any atom is 0.293 e. The van der Waals surface area contributed by atoms with E-state index in [-0.39, 0.29) is 0 Å². The molecule has 16 heavy (non-hydrogen) atoms. The zero-order valence-electron chi connectivity index (χ0n) is 9.87. The highest BCUT2D eigenvalue weighted by Gasteiger charge is 2.02. The van der Waals surface area contributed by atoms with Crippen molar-refractivity contribution in [2.24, 2.45) is 0 Å². The lowest BCUT2D eigenvalue weighted by molar-refractivity contribution is -0.128. The molecule has 90 valence electrons. The molecule has 5 nitrogen and oxygen atoms in total. The lowest BCUT2D eigenvalue weighted by Crippen LogP contribution is -2.00. The van der Waals surface area contributed by atoms with Gasteiger partial charge in [-0.05, 0) is 36.7 Å². The van der Waals surface area contributed by atoms with Gasteiger partial charge in [0.05, 0.1) is 18.0 Å². The Labute approximate surface area is 104 Å². The zero-order chi connectivity index (χ0) is 12.6. The van der Waals surface area contributed by atoms with Crippen LogP contribution in [0.4, 0.5) is 5.82 Å². The summed E-state index contributed by atoms with van der Waals surface area (Å²) in [5.41, 5.74) is 1.81. The largest absolute Gasteiger partial charge is 0.468 e. The van der Waals surface area contributed by atoms with Crippen molar-refractivity contribution >= 4 is 28.2 Å². The van der Waals surface area contributed by atoms with Gasteiger partial charge in [-0.2, -0.15) is 0 Å². The Kier molecular flexibility index (Phi) is 7.45. The Hall–Kier alpha value is -1.17. The SMILES string of the molecule is CCOC=O.CNc1nc(C)c(Br)nc1C. The summed E-state index contributed by atoms with van der Waals surface area (Å²) in [4.78, 5) is 17.7. The molecule has 0 bridgehead atoms. The summed E-state index contributed by atoms with van der Waals surface area (Å²) in [6.07, 6.45) is 0. The molecule has 0 spiro atoms. The number of aryl methyl sites for hydroxylation is 2. The van der Waals surface area contributed by atoms with E-state index in [1.54, 1.807) is 6.92 Å². The number of nitrogens with one attached hydrogen (secondary N) is 1. The number of nitrogens with zero attached hydrogens (tertiary/aromatic N) is 2. The summed E-state index contributed by atoms with van der Waals surface area (Å²) in [7, 11) is 1.84. The van der Waals surface area contributed by atoms with E-state index in [1.807, 2.05) is 20.9 Å². The molecule has 1 aromatic rings. The van der Waals surface area contributed by atoms with E-state index in [0.29, 0.717) is 13.1 Å². The first-order valence-electron chi connectivity index (χ1n) is 4.80. The Bertz CT molecular complexity index is 345. The van der Waals surface area contributed by atoms with Crippen LogP contribution in [0.1, 0.15) is 18.3 Å². The van der Waals surface area contributed by atoms with Gasteiger partial charge >= 0.3 is 0 Å². The van der Waals surface area contributed by atoms with Gasteiger partial charge < -0.3 is 10.1 Å². The summed E-state index contributed by atoms with van der Waals surface area (Å²) in [5, 5.41) is 2.97. The fourth-order valence-corrected chi connectivity index (χ4v) is 1.24. The van der Waals surface area contributed by atoms with E-state index in [9.17, 15) is 4.79 Å². The van der Waals surface area contributed by atoms with Crippen molar-refractivity contribution in [3.05, 3.63) is 16.0 Å². The molecular weight excluding hydrogens is 274 g/mol. The number of hydrogen-bond acceptors (Lipinski definition) is 5. The summed E-state index contributed by atoms with van der Waals surface area (Å²) in [5.74, 6) is 0.839. The number of carbonyl (C=O) groups is 1. The van der Waals surface area contributed by atoms with Crippen LogP contribution in [0, 0.1) is 13.8 Å². The monoisotopic (exact) mass is 289 g/mol. The first-order chi connectivity index (χ1) is 7.56. The van der Waals surface area contributed by atoms with Gasteiger partial charge in [0.15, 0.2) is 0 Å². The predicted octanol–water partition coefficient (Wildman–Crippen LogP) is 2.08. The maximum atomic E-state index is 9.18. The number of anilines is 1. The van der Waals surface area contributed by atoms with Crippen molar-refractivity contribution < 1.29 is 9.53 Å². The van der Waals surface area contributed by atoms with Gasteiger partial charge in [0.2, 0.25) is 0 Å². The molecule has 1 rings (SSSR count). The average Bonchev–Trinajstić information content (AvgIpc) is 2.25. The van der Waals surface area contributed by atoms with E-state index in [2.05, 4.69) is 36.0 Å². The predicted molar refractivity (Wildman–Crippen MR) is 66.4 cm³/mol. The number of hydrogen-bond donors (Lipinski definition) is 1. The molecule has 0 amide bonds. The number of halogens is 1. The normalized spacial score (nSPS) is 8.81. The molecule has 0 aliphatic heterocycles. The minimum atomic E-state index is 0.431. The van der Waals surface area contributed by atoms with Gasteiger partial charge in [-0.15, -0.1) is 0 Å². The van der Waals surface area contributed by atoms with Crippen LogP contribution in [0.2, 0.25) is 0 Å². The molecule has 0 saturated heterocycles. The van der Waals surface area contributed by atoms with Crippen molar-refractivity contribution in [1.29, 1.82) is 0 Å². The second-order valence-electron chi connectivity index (χ2n) is 2.84. The third kappa shape index (κ3) is 5.06. The first kappa shape index (κ1) is 14.8. The maximum absolute atomic E-state index is 9.18. The second kappa shape index (κ2) is 8.04. The lowest BCUT2D eigenvalue weighted by atomic mass is 10.4. The van der Waals surface area contributed by atoms with Crippen molar-refractivity contribution in [3.8, 4) is 0 Å². The molecule has 0 aliphatic carbocycles. The van der Waals surface area contributed by atoms with Crippen molar-refractivity contribution in [1.82, 2.24) is 9.97 Å². The van der Waals surface area contributed by atoms with Crippen LogP contribution >= 0.6 is 15.9 Å². The fourth-order valence-electron chi connectivity index (χ4n) is 0.881. The van der Waals surface area contributed by atoms with E-state index in [1.165, 1.54) is 0 Å². The molecule has 0 aliphatic rings. The third-order valence-corrected chi connectivity index (χ3v) is 2.41. The summed E-state index contributed by atoms with van der Waals surface area (Å²) >= 11 is 3.31. The van der Waals surface area contributed by atoms with E-state index in [0.717, 1.165) is 21.8 Å². The van der Waals surface area contributed by atoms with E-state index < -0.39 is 0 Å². The Morgan fingerprint density at radius 2 is 2.00 bits per heavy atom. The number of aromatic nitrogens is 2. The molecule has 0 saturated carbocycles. The fraction of sp³-hybridized carbons (Fsp3) is 0.500. The second-order valence-corrected chi connectivity index (χ2v) is 3.59. The van der Waals surface area contributed by atoms with Crippen LogP contribution in [-0.2, 0) is 9.53 Å². The number of ether oxygens (including phenoxy) is 1. The van der Waals surface area contributed by atoms with Crippen LogP contribution in [0.15, 0.2) is 4.60 Å². The molecule has 0 fully saturated rings. The Balaban J connectivity index is 0.000000385. The van der Waals surface area contributed by atoms with Crippen molar-refractivity contribution in [2.75, 3.05) is 19.0 Å². The standard InChI is InChI=1S/C7H10BrN3.C3H6O2/c1-4-6(8)10-5(2)7(9-3)11-4;1-2-5-3-4/h1-3H3,(H,9,11);3H,2H2,1H3. The van der Waals surface area contributed by atoms with Crippen LogP contribution in [0.25, 0.3) is 0 Å². The molecule has 1 heterocycles. The molecule has 0 radical (unpaired) electrons. The highest BCUT2D eigenvalue weighted by molar-refractivity contribution is 9.10. The minimum absolute atomic E-state index is 0.431. The molecule has 0 aromatic carbocycles. The van der Waals surface area contributed by atoms with E-state index >= 15 is 0 Å². The van der Waals surface area contributed by atoms with Crippen LogP contribution < -0.4 is 5.32 Å². The number of rotatable bonds is 3. The van der Waals surface area contributed by atoms with Crippen LogP contribution in [0.3, 0.4) is 0 Å². The van der Waals surface area contributed by atoms with Gasteiger partial charge in [-0.1, -0.05) is 0 Å². The smallest absolute Gasteiger partial charge is 0.293 e. The highest BCUT2D eigenvalue weighted by atomic mass is 79.9. The van der Waals surface area contributed by atoms with Crippen molar-refractivity contribution in [3.63, 3.8) is 0 Å². The van der Waals surface area contributed by atoms with E-state index in [4.69, 9.17) is 0 Å². The summed E-state index contributed by atoms with van der Waals surface area (Å²) in [6.45, 7) is 6.50. The third-order valence-electron chi connectivity index (χ3n) is 1.66. The minimum Gasteiger partial charge on any atom is -0.468 e. The molecule has 0 atom stereocenters. The molecule has 1 N–H and O–H groups in total. The average molecular weight is 290 g/mol. The quantitative estimate of drug-likeness (QED) is 0.863. The van der Waals surface area contributed by atoms with Crippen molar-refractivity contribution in [2.45, 2.75) is 20.8 Å². The van der Waals surface area contributed by atoms with Gasteiger partial charge in [-0.25, -0.2) is 9.97 Å². The van der Waals surface area contributed by atoms with Gasteiger partial charge in [0.1, 0.15) is 10.4 Å². The van der Waals surface area contributed by atoms with Gasteiger partial charge in [0, 0.05) is 7.05 Å². The molecular formula is C10H16BrN3O2. The summed E-state index contributed by atoms with van der Waals surface area (Å²) < 4.78 is 4.97. The van der Waals surface area contributed by atoms with Gasteiger partial charge in [0.25, 0.3) is 6.47 Å². The molecule has 1 aromatic heterocycles. The first-order valence-corrected chi connectivity index (χ1v) is 5.59. The van der Waals surface area contributed by atoms with Crippen LogP contribution in [0.5, 0.6) is 0 Å². The molecule has 0 unspecified atom stereocenters. The van der Waals surface area contributed by atoms with Crippen LogP contribution in [-0.4, -0.2) is 30.1 Å². The molecule has 6 heteroatoms.